The van der Waals surface area contributed by atoms with Crippen molar-refractivity contribution in [3.63, 3.8) is 0 Å². The van der Waals surface area contributed by atoms with Crippen molar-refractivity contribution < 1.29 is 40.3 Å². The first-order valence-corrected chi connectivity index (χ1v) is 15.1. The molecule has 0 radical (unpaired) electrons. The van der Waals surface area contributed by atoms with Crippen molar-refractivity contribution in [3.8, 4) is 11.5 Å². The third kappa shape index (κ3) is 7.44. The molecule has 0 aliphatic carbocycles. The molecule has 3 aromatic rings. The summed E-state index contributed by atoms with van der Waals surface area (Å²) in [6, 6.07) is 11.4. The Labute approximate surface area is 231 Å². The minimum absolute atomic E-state index is 0.00923. The van der Waals surface area contributed by atoms with Gasteiger partial charge in [0.05, 0.1) is 22.8 Å². The first kappa shape index (κ1) is 29.4. The van der Waals surface area contributed by atoms with E-state index in [-0.39, 0.29) is 28.6 Å². The molecule has 0 bridgehead atoms. The van der Waals surface area contributed by atoms with Gasteiger partial charge in [0.25, 0.3) is 0 Å². The number of ether oxygens (including phenoxy) is 1. The van der Waals surface area contributed by atoms with Gasteiger partial charge in [-0.2, -0.15) is 0 Å². The molecule has 3 aromatic carbocycles. The zero-order valence-electron chi connectivity index (χ0n) is 19.8. The molecule has 38 heavy (non-hydrogen) atoms. The maximum atomic E-state index is 14.7. The zero-order valence-corrected chi connectivity index (χ0v) is 23.6. The van der Waals surface area contributed by atoms with Crippen LogP contribution in [0.2, 0.25) is 0 Å². The number of rotatable bonds is 11. The van der Waals surface area contributed by atoms with Gasteiger partial charge in [-0.1, -0.05) is 6.07 Å². The fourth-order valence-electron chi connectivity index (χ4n) is 2.97. The van der Waals surface area contributed by atoms with Gasteiger partial charge in [-0.3, -0.25) is 14.2 Å². The van der Waals surface area contributed by atoms with Crippen molar-refractivity contribution in [2.45, 2.75) is 19.1 Å². The van der Waals surface area contributed by atoms with Crippen LogP contribution in [0.25, 0.3) is 0 Å². The number of carbonyl (C=O) groups is 1. The van der Waals surface area contributed by atoms with E-state index in [9.17, 15) is 35.5 Å². The largest absolute Gasteiger partial charge is 0.480 e. The van der Waals surface area contributed by atoms with Gasteiger partial charge < -0.3 is 15.2 Å². The van der Waals surface area contributed by atoms with Crippen LogP contribution in [0, 0.1) is 15.2 Å². The van der Waals surface area contributed by atoms with Crippen molar-refractivity contribution in [3.05, 3.63) is 69.8 Å². The molecule has 0 amide bonds. The Bertz CT molecular complexity index is 1590. The van der Waals surface area contributed by atoms with E-state index >= 15 is 0 Å². The molecule has 0 fully saturated rings. The first-order chi connectivity index (χ1) is 17.7. The van der Waals surface area contributed by atoms with Gasteiger partial charge in [-0.05, 0) is 72.8 Å². The molecule has 0 spiro atoms. The van der Waals surface area contributed by atoms with E-state index in [2.05, 4.69) is 14.8 Å². The molecule has 0 aromatic heterocycles. The second-order valence-electron chi connectivity index (χ2n) is 7.84. The molecule has 1 unspecified atom stereocenters. The summed E-state index contributed by atoms with van der Waals surface area (Å²) in [4.78, 5) is 11.4. The van der Waals surface area contributed by atoms with Crippen LogP contribution >= 0.6 is 22.6 Å². The van der Waals surface area contributed by atoms with Crippen molar-refractivity contribution in [2.75, 3.05) is 20.5 Å². The number of hydrogen-bond acceptors (Lipinski definition) is 7. The van der Waals surface area contributed by atoms with Crippen LogP contribution < -0.4 is 19.5 Å². The van der Waals surface area contributed by atoms with Crippen LogP contribution in [0.4, 0.5) is 31.5 Å². The van der Waals surface area contributed by atoms with Crippen LogP contribution in [0.15, 0.2) is 54.6 Å². The second kappa shape index (κ2) is 11.7. The SMILES string of the molecule is CCS(=O)(=O)Nc1cccc(Oc2cc(F)cc(Nc3ccc(I)cc3F)c2NS(=O)(=O)C(C)C(=O)O)c1. The minimum atomic E-state index is -4.59. The van der Waals surface area contributed by atoms with Crippen molar-refractivity contribution in [1.29, 1.82) is 0 Å². The third-order valence-corrected chi connectivity index (χ3v) is 8.64. The van der Waals surface area contributed by atoms with E-state index in [0.29, 0.717) is 3.57 Å². The number of carboxylic acid groups (broad SMARTS) is 1. The molecule has 15 heteroatoms. The molecule has 10 nitrogen and oxygen atoms in total. The van der Waals surface area contributed by atoms with Gasteiger partial charge in [0, 0.05) is 15.7 Å². The summed E-state index contributed by atoms with van der Waals surface area (Å²) in [5.41, 5.74) is -0.674. The lowest BCUT2D eigenvalue weighted by Gasteiger charge is -2.20. The normalized spacial score (nSPS) is 12.4. The minimum Gasteiger partial charge on any atom is -0.480 e. The quantitative estimate of drug-likeness (QED) is 0.205. The van der Waals surface area contributed by atoms with Crippen molar-refractivity contribution in [2.24, 2.45) is 0 Å². The van der Waals surface area contributed by atoms with Gasteiger partial charge in [0.2, 0.25) is 20.0 Å². The number of hydrogen-bond donors (Lipinski definition) is 4. The molecule has 0 saturated carbocycles. The fraction of sp³-hybridized carbons (Fsp3) is 0.174. The molecule has 204 valence electrons. The Morgan fingerprint density at radius 1 is 1.03 bits per heavy atom. The maximum absolute atomic E-state index is 14.7. The highest BCUT2D eigenvalue weighted by Crippen LogP contribution is 2.40. The summed E-state index contributed by atoms with van der Waals surface area (Å²) in [7, 11) is -8.21. The van der Waals surface area contributed by atoms with Crippen molar-refractivity contribution in [1.82, 2.24) is 0 Å². The van der Waals surface area contributed by atoms with Crippen LogP contribution in [0.3, 0.4) is 0 Å². The van der Waals surface area contributed by atoms with Gasteiger partial charge in [0.15, 0.2) is 11.0 Å². The molecule has 4 N–H and O–H groups in total. The average molecular weight is 681 g/mol. The smallest absolute Gasteiger partial charge is 0.323 e. The van der Waals surface area contributed by atoms with Crippen molar-refractivity contribution >= 4 is 71.4 Å². The zero-order chi connectivity index (χ0) is 28.3. The first-order valence-electron chi connectivity index (χ1n) is 10.8. The Hall–Kier alpha value is -3.18. The van der Waals surface area contributed by atoms with E-state index < -0.39 is 54.3 Å². The third-order valence-electron chi connectivity index (χ3n) is 5.04. The second-order valence-corrected chi connectivity index (χ2v) is 13.1. The lowest BCUT2D eigenvalue weighted by Crippen LogP contribution is -2.32. The summed E-state index contributed by atoms with van der Waals surface area (Å²) < 4.78 is 89.3. The Kier molecular flexibility index (Phi) is 9.04. The lowest BCUT2D eigenvalue weighted by molar-refractivity contribution is -0.136. The molecular formula is C23H22F2IN3O7S2. The Morgan fingerprint density at radius 3 is 2.37 bits per heavy atom. The fourth-order valence-corrected chi connectivity index (χ4v) is 4.99. The highest BCUT2D eigenvalue weighted by molar-refractivity contribution is 14.1. The van der Waals surface area contributed by atoms with E-state index in [1.54, 1.807) is 6.07 Å². The monoisotopic (exact) mass is 681 g/mol. The molecule has 1 atom stereocenters. The molecule has 0 heterocycles. The predicted molar refractivity (Wildman–Crippen MR) is 148 cm³/mol. The van der Waals surface area contributed by atoms with Crippen LogP contribution in [-0.4, -0.2) is 38.9 Å². The van der Waals surface area contributed by atoms with Gasteiger partial charge in [-0.25, -0.2) is 25.6 Å². The molecular weight excluding hydrogens is 659 g/mol. The van der Waals surface area contributed by atoms with E-state index in [0.717, 1.165) is 19.1 Å². The highest BCUT2D eigenvalue weighted by atomic mass is 127. The maximum Gasteiger partial charge on any atom is 0.323 e. The number of anilines is 4. The molecule has 0 aliphatic rings. The predicted octanol–water partition coefficient (Wildman–Crippen LogP) is 5.08. The number of sulfonamides is 2. The molecule has 0 aliphatic heterocycles. The number of aliphatic carboxylic acids is 1. The van der Waals surface area contributed by atoms with Crippen LogP contribution in [-0.2, 0) is 24.8 Å². The summed E-state index contributed by atoms with van der Waals surface area (Å²) in [6.07, 6.45) is 0. The van der Waals surface area contributed by atoms with Crippen LogP contribution in [0.1, 0.15) is 13.8 Å². The standard InChI is InChI=1S/C23H22F2IN3O7S2/c1-3-37(32,33)28-16-5-4-6-17(12-16)36-21-10-14(24)9-20(27-19-8-7-15(26)11-18(19)25)22(21)29-38(34,35)13(2)23(30)31/h4-13,27-29H,3H2,1-2H3,(H,30,31). The number of halogens is 3. The van der Waals surface area contributed by atoms with E-state index in [1.165, 1.54) is 43.3 Å². The molecule has 0 saturated heterocycles. The molecule has 3 rings (SSSR count). The average Bonchev–Trinajstić information content (AvgIpc) is 2.82. The summed E-state index contributed by atoms with van der Waals surface area (Å²) in [6.45, 7) is 2.38. The number of nitrogens with one attached hydrogen (secondary N) is 3. The Morgan fingerprint density at radius 2 is 1.74 bits per heavy atom. The van der Waals surface area contributed by atoms with Gasteiger partial charge in [-0.15, -0.1) is 0 Å². The summed E-state index contributed by atoms with van der Waals surface area (Å²) in [5.74, 6) is -3.87. The van der Waals surface area contributed by atoms with Crippen LogP contribution in [0.5, 0.6) is 11.5 Å². The Balaban J connectivity index is 2.12. The van der Waals surface area contributed by atoms with E-state index in [4.69, 9.17) is 4.74 Å². The van der Waals surface area contributed by atoms with Gasteiger partial charge in [0.1, 0.15) is 23.1 Å². The highest BCUT2D eigenvalue weighted by Gasteiger charge is 2.30. The van der Waals surface area contributed by atoms with E-state index in [1.807, 2.05) is 22.6 Å². The lowest BCUT2D eigenvalue weighted by atomic mass is 10.2. The number of carboxylic acids is 1. The summed E-state index contributed by atoms with van der Waals surface area (Å²) >= 11 is 1.89. The topological polar surface area (TPSA) is 151 Å². The summed E-state index contributed by atoms with van der Waals surface area (Å²) in [5, 5.41) is 9.93. The number of benzene rings is 3. The van der Waals surface area contributed by atoms with Gasteiger partial charge >= 0.3 is 5.97 Å².